The lowest BCUT2D eigenvalue weighted by atomic mass is 9.93. The average Bonchev–Trinajstić information content (AvgIpc) is 3.17. The summed E-state index contributed by atoms with van der Waals surface area (Å²) in [6, 6.07) is 14.5. The fourth-order valence-corrected chi connectivity index (χ4v) is 3.40. The summed E-state index contributed by atoms with van der Waals surface area (Å²) in [5, 5.41) is 11.0. The van der Waals surface area contributed by atoms with Gasteiger partial charge >= 0.3 is 0 Å². The normalized spacial score (nSPS) is 12.1. The Bertz CT molecular complexity index is 1170. The number of amides is 1. The molecule has 0 spiro atoms. The Hall–Kier alpha value is -3.22. The van der Waals surface area contributed by atoms with E-state index in [9.17, 15) is 4.79 Å². The number of anilines is 1. The molecule has 2 heterocycles. The molecule has 7 heteroatoms. The first-order valence-corrected chi connectivity index (χ1v) is 9.16. The second kappa shape index (κ2) is 7.42. The molecule has 2 aromatic carbocycles. The molecule has 0 fully saturated rings. The number of benzene rings is 2. The van der Waals surface area contributed by atoms with Crippen molar-refractivity contribution in [2.45, 2.75) is 13.0 Å². The van der Waals surface area contributed by atoms with E-state index in [-0.39, 0.29) is 11.9 Å². The molecule has 0 aliphatic carbocycles. The van der Waals surface area contributed by atoms with Crippen LogP contribution in [0, 0.1) is 0 Å². The molecule has 6 nitrogen and oxygen atoms in total. The third kappa shape index (κ3) is 3.35. The second-order valence-electron chi connectivity index (χ2n) is 6.52. The largest absolute Gasteiger partial charge is 0.324 e. The fraction of sp³-hybridized carbons (Fsp3) is 0.0952. The van der Waals surface area contributed by atoms with Crippen molar-refractivity contribution in [3.63, 3.8) is 0 Å². The van der Waals surface area contributed by atoms with Crippen LogP contribution in [0.15, 0.2) is 60.9 Å². The van der Waals surface area contributed by atoms with E-state index in [0.717, 1.165) is 22.1 Å². The van der Waals surface area contributed by atoms with Crippen LogP contribution in [0.3, 0.4) is 0 Å². The summed E-state index contributed by atoms with van der Waals surface area (Å²) < 4.78 is 0. The Morgan fingerprint density at radius 3 is 2.79 bits per heavy atom. The van der Waals surface area contributed by atoms with Crippen LogP contribution in [0.1, 0.15) is 28.9 Å². The van der Waals surface area contributed by atoms with Gasteiger partial charge in [-0.2, -0.15) is 5.10 Å². The Morgan fingerprint density at radius 1 is 1.18 bits per heavy atom. The van der Waals surface area contributed by atoms with Gasteiger partial charge in [0.05, 0.1) is 17.3 Å². The predicted octanol–water partition coefficient (Wildman–Crippen LogP) is 4.55. The highest BCUT2D eigenvalue weighted by molar-refractivity contribution is 6.33. The third-order valence-corrected chi connectivity index (χ3v) is 4.90. The molecule has 4 rings (SSSR count). The van der Waals surface area contributed by atoms with Crippen molar-refractivity contribution in [2.24, 2.45) is 5.73 Å². The molecule has 2 aromatic heterocycles. The summed E-state index contributed by atoms with van der Waals surface area (Å²) in [5.74, 6) is -0.238. The molecule has 0 radical (unpaired) electrons. The highest BCUT2D eigenvalue weighted by Gasteiger charge is 2.16. The predicted molar refractivity (Wildman–Crippen MR) is 111 cm³/mol. The van der Waals surface area contributed by atoms with Crippen molar-refractivity contribution < 1.29 is 4.79 Å². The van der Waals surface area contributed by atoms with Crippen LogP contribution in [0.2, 0.25) is 5.02 Å². The Balaban J connectivity index is 1.74. The smallest absolute Gasteiger partial charge is 0.255 e. The zero-order valence-corrected chi connectivity index (χ0v) is 15.9. The lowest BCUT2D eigenvalue weighted by Gasteiger charge is -2.16. The maximum atomic E-state index is 12.9. The zero-order chi connectivity index (χ0) is 19.7. The molecule has 0 saturated heterocycles. The zero-order valence-electron chi connectivity index (χ0n) is 15.1. The fourth-order valence-electron chi connectivity index (χ4n) is 3.16. The number of H-pyrrole nitrogens is 1. The van der Waals surface area contributed by atoms with E-state index in [2.05, 4.69) is 20.5 Å². The molecule has 1 unspecified atom stereocenters. The highest BCUT2D eigenvalue weighted by Crippen LogP contribution is 2.33. The Kier molecular flexibility index (Phi) is 4.81. The SMILES string of the molecule is CC(N)c1ccc(C(=O)Nc2ccnc3[nH]ncc23)cc1-c1ccccc1Cl. The first-order chi connectivity index (χ1) is 13.5. The maximum absolute atomic E-state index is 12.9. The molecule has 1 atom stereocenters. The van der Waals surface area contributed by atoms with Crippen molar-refractivity contribution in [3.8, 4) is 11.1 Å². The molecule has 0 aliphatic rings. The second-order valence-corrected chi connectivity index (χ2v) is 6.92. The van der Waals surface area contributed by atoms with Gasteiger partial charge in [-0.1, -0.05) is 35.9 Å². The molecule has 4 aromatic rings. The van der Waals surface area contributed by atoms with Gasteiger partial charge in [-0.3, -0.25) is 9.89 Å². The Labute approximate surface area is 166 Å². The number of carbonyl (C=O) groups is 1. The first-order valence-electron chi connectivity index (χ1n) is 8.78. The van der Waals surface area contributed by atoms with Crippen LogP contribution in [0.25, 0.3) is 22.2 Å². The number of nitrogens with one attached hydrogen (secondary N) is 2. The molecule has 28 heavy (non-hydrogen) atoms. The van der Waals surface area contributed by atoms with Crippen molar-refractivity contribution in [3.05, 3.63) is 77.1 Å². The van der Waals surface area contributed by atoms with Crippen molar-refractivity contribution in [1.29, 1.82) is 0 Å². The van der Waals surface area contributed by atoms with Gasteiger partial charge in [-0.25, -0.2) is 4.98 Å². The third-order valence-electron chi connectivity index (χ3n) is 4.57. The number of aromatic amines is 1. The van der Waals surface area contributed by atoms with E-state index in [4.69, 9.17) is 17.3 Å². The van der Waals surface area contributed by atoms with Gasteiger partial charge in [0.25, 0.3) is 5.91 Å². The number of pyridine rings is 1. The summed E-state index contributed by atoms with van der Waals surface area (Å²) in [5.41, 5.74) is 10.5. The minimum Gasteiger partial charge on any atom is -0.324 e. The summed E-state index contributed by atoms with van der Waals surface area (Å²) in [6.45, 7) is 1.90. The lowest BCUT2D eigenvalue weighted by Crippen LogP contribution is -2.14. The number of fused-ring (bicyclic) bond motifs is 1. The summed E-state index contributed by atoms with van der Waals surface area (Å²) in [4.78, 5) is 17.1. The quantitative estimate of drug-likeness (QED) is 0.475. The lowest BCUT2D eigenvalue weighted by molar-refractivity contribution is 0.102. The standard InChI is InChI=1S/C21H18ClN5O/c1-12(23)14-7-6-13(10-16(14)15-4-2-3-5-18(15)22)21(28)26-19-8-9-24-20-17(19)11-25-27-20/h2-12H,23H2,1H3,(H2,24,25,26,27,28). The van der Waals surface area contributed by atoms with Gasteiger partial charge in [0, 0.05) is 28.4 Å². The van der Waals surface area contributed by atoms with E-state index < -0.39 is 0 Å². The van der Waals surface area contributed by atoms with Crippen molar-refractivity contribution in [1.82, 2.24) is 15.2 Å². The van der Waals surface area contributed by atoms with Gasteiger partial charge in [0.2, 0.25) is 0 Å². The van der Waals surface area contributed by atoms with E-state index in [1.54, 1.807) is 24.5 Å². The Morgan fingerprint density at radius 2 is 2.00 bits per heavy atom. The van der Waals surface area contributed by atoms with Crippen LogP contribution in [0.4, 0.5) is 5.69 Å². The van der Waals surface area contributed by atoms with Gasteiger partial charge in [0.1, 0.15) is 0 Å². The molecule has 0 saturated carbocycles. The highest BCUT2D eigenvalue weighted by atomic mass is 35.5. The molecule has 0 bridgehead atoms. The number of halogens is 1. The molecule has 0 aliphatic heterocycles. The number of aromatic nitrogens is 3. The molecule has 140 valence electrons. The summed E-state index contributed by atoms with van der Waals surface area (Å²) in [7, 11) is 0. The molecular formula is C21H18ClN5O. The van der Waals surface area contributed by atoms with Crippen LogP contribution in [-0.2, 0) is 0 Å². The van der Waals surface area contributed by atoms with E-state index in [1.807, 2.05) is 43.3 Å². The van der Waals surface area contributed by atoms with E-state index in [0.29, 0.717) is 21.9 Å². The van der Waals surface area contributed by atoms with Crippen LogP contribution < -0.4 is 11.1 Å². The number of nitrogens with zero attached hydrogens (tertiary/aromatic N) is 2. The van der Waals surface area contributed by atoms with Gasteiger partial charge in [0.15, 0.2) is 5.65 Å². The van der Waals surface area contributed by atoms with Gasteiger partial charge in [-0.05, 0) is 42.3 Å². The first kappa shape index (κ1) is 18.2. The number of hydrogen-bond donors (Lipinski definition) is 3. The molecular weight excluding hydrogens is 374 g/mol. The summed E-state index contributed by atoms with van der Waals surface area (Å²) in [6.07, 6.45) is 3.25. The van der Waals surface area contributed by atoms with Crippen molar-refractivity contribution in [2.75, 3.05) is 5.32 Å². The minimum absolute atomic E-state index is 0.200. The van der Waals surface area contributed by atoms with Crippen LogP contribution in [-0.4, -0.2) is 21.1 Å². The molecule has 1 amide bonds. The molecule has 4 N–H and O–H groups in total. The van der Waals surface area contributed by atoms with Gasteiger partial charge in [-0.15, -0.1) is 0 Å². The van der Waals surface area contributed by atoms with Gasteiger partial charge < -0.3 is 11.1 Å². The van der Waals surface area contributed by atoms with Crippen LogP contribution in [0.5, 0.6) is 0 Å². The number of nitrogens with two attached hydrogens (primary N) is 1. The number of hydrogen-bond acceptors (Lipinski definition) is 4. The number of rotatable bonds is 4. The minimum atomic E-state index is -0.238. The van der Waals surface area contributed by atoms with Crippen molar-refractivity contribution >= 4 is 34.2 Å². The van der Waals surface area contributed by atoms with E-state index in [1.165, 1.54) is 0 Å². The number of carbonyl (C=O) groups excluding carboxylic acids is 1. The van der Waals surface area contributed by atoms with Crippen LogP contribution >= 0.6 is 11.6 Å². The maximum Gasteiger partial charge on any atom is 0.255 e. The summed E-state index contributed by atoms with van der Waals surface area (Å²) >= 11 is 6.39. The average molecular weight is 392 g/mol. The topological polar surface area (TPSA) is 96.7 Å². The monoisotopic (exact) mass is 391 g/mol. The van der Waals surface area contributed by atoms with E-state index >= 15 is 0 Å².